The zero-order chi connectivity index (χ0) is 11.5. The number of thiophene rings is 1. The Morgan fingerprint density at radius 3 is 2.75 bits per heavy atom. The molecule has 0 saturated heterocycles. The minimum atomic E-state index is -0.811. The summed E-state index contributed by atoms with van der Waals surface area (Å²) in [5, 5.41) is 11.9. The number of benzene rings is 1. The van der Waals surface area contributed by atoms with E-state index in [9.17, 15) is 9.50 Å². The summed E-state index contributed by atoms with van der Waals surface area (Å²) >= 11 is 4.82. The number of aliphatic hydroxyl groups is 1. The van der Waals surface area contributed by atoms with E-state index in [0.29, 0.717) is 16.5 Å². The van der Waals surface area contributed by atoms with Gasteiger partial charge < -0.3 is 5.11 Å². The summed E-state index contributed by atoms with van der Waals surface area (Å²) in [6.45, 7) is 0. The standard InChI is InChI=1S/C12H10BrFOS/c13-9-4-1-5-10(14)12(9)11(15)7-8-3-2-6-16-8/h1-6,11,15H,7H2. The van der Waals surface area contributed by atoms with Gasteiger partial charge in [0.25, 0.3) is 0 Å². The Labute approximate surface area is 106 Å². The molecule has 0 aliphatic heterocycles. The fourth-order valence-corrected chi connectivity index (χ4v) is 2.90. The second kappa shape index (κ2) is 5.08. The summed E-state index contributed by atoms with van der Waals surface area (Å²) in [7, 11) is 0. The highest BCUT2D eigenvalue weighted by molar-refractivity contribution is 9.10. The molecule has 2 rings (SSSR count). The minimum absolute atomic E-state index is 0.330. The highest BCUT2D eigenvalue weighted by Gasteiger charge is 2.16. The van der Waals surface area contributed by atoms with E-state index >= 15 is 0 Å². The molecular weight excluding hydrogens is 291 g/mol. The SMILES string of the molecule is OC(Cc1cccs1)c1c(F)cccc1Br. The van der Waals surface area contributed by atoms with Gasteiger partial charge in [0.15, 0.2) is 0 Å². The monoisotopic (exact) mass is 300 g/mol. The van der Waals surface area contributed by atoms with E-state index < -0.39 is 6.10 Å². The summed E-state index contributed by atoms with van der Waals surface area (Å²) < 4.78 is 14.2. The fourth-order valence-electron chi connectivity index (χ4n) is 1.55. The zero-order valence-electron chi connectivity index (χ0n) is 8.36. The van der Waals surface area contributed by atoms with Gasteiger partial charge in [-0.25, -0.2) is 4.39 Å². The summed E-state index contributed by atoms with van der Waals surface area (Å²) in [4.78, 5) is 1.04. The second-order valence-electron chi connectivity index (χ2n) is 3.43. The van der Waals surface area contributed by atoms with Crippen molar-refractivity contribution >= 4 is 27.3 Å². The lowest BCUT2D eigenvalue weighted by Crippen LogP contribution is -2.04. The molecule has 0 aliphatic carbocycles. The Balaban J connectivity index is 2.24. The smallest absolute Gasteiger partial charge is 0.130 e. The second-order valence-corrected chi connectivity index (χ2v) is 5.32. The van der Waals surface area contributed by atoms with E-state index in [1.54, 1.807) is 23.5 Å². The normalized spacial score (nSPS) is 12.7. The number of rotatable bonds is 3. The van der Waals surface area contributed by atoms with Crippen molar-refractivity contribution in [3.63, 3.8) is 0 Å². The molecule has 1 aromatic carbocycles. The minimum Gasteiger partial charge on any atom is -0.388 e. The third-order valence-corrected chi connectivity index (χ3v) is 3.90. The lowest BCUT2D eigenvalue weighted by atomic mass is 10.1. The van der Waals surface area contributed by atoms with Crippen LogP contribution in [-0.2, 0) is 6.42 Å². The molecule has 0 fully saturated rings. The van der Waals surface area contributed by atoms with E-state index in [1.807, 2.05) is 17.5 Å². The van der Waals surface area contributed by atoms with Gasteiger partial charge in [-0.05, 0) is 23.6 Å². The number of aliphatic hydroxyl groups excluding tert-OH is 1. The van der Waals surface area contributed by atoms with Crippen LogP contribution in [0.5, 0.6) is 0 Å². The van der Waals surface area contributed by atoms with E-state index in [0.717, 1.165) is 4.88 Å². The Hall–Kier alpha value is -0.710. The maximum absolute atomic E-state index is 13.5. The molecule has 1 unspecified atom stereocenters. The Morgan fingerprint density at radius 1 is 1.31 bits per heavy atom. The zero-order valence-corrected chi connectivity index (χ0v) is 10.8. The summed E-state index contributed by atoms with van der Waals surface area (Å²) in [6, 6.07) is 8.56. The molecule has 0 aliphatic rings. The van der Waals surface area contributed by atoms with Crippen molar-refractivity contribution in [1.82, 2.24) is 0 Å². The van der Waals surface area contributed by atoms with Crippen molar-refractivity contribution in [2.24, 2.45) is 0 Å². The van der Waals surface area contributed by atoms with Crippen LogP contribution in [0, 0.1) is 5.82 Å². The third kappa shape index (κ3) is 2.51. The summed E-state index contributed by atoms with van der Waals surface area (Å²) in [5.74, 6) is -0.376. The molecule has 0 saturated carbocycles. The first kappa shape index (κ1) is 11.8. The molecule has 1 aromatic heterocycles. The Bertz CT molecular complexity index is 450. The number of hydrogen-bond donors (Lipinski definition) is 1. The van der Waals surface area contributed by atoms with Crippen molar-refractivity contribution in [3.05, 3.63) is 56.4 Å². The molecule has 0 spiro atoms. The Kier molecular flexibility index (Phi) is 3.74. The molecule has 1 nitrogen and oxygen atoms in total. The predicted molar refractivity (Wildman–Crippen MR) is 67.1 cm³/mol. The van der Waals surface area contributed by atoms with Gasteiger partial charge in [0.1, 0.15) is 5.82 Å². The first-order valence-corrected chi connectivity index (χ1v) is 6.50. The van der Waals surface area contributed by atoms with Crippen LogP contribution in [0.4, 0.5) is 4.39 Å². The van der Waals surface area contributed by atoms with Gasteiger partial charge in [-0.1, -0.05) is 28.1 Å². The first-order chi connectivity index (χ1) is 7.68. The summed E-state index contributed by atoms with van der Waals surface area (Å²) in [6.07, 6.45) is -0.369. The molecule has 84 valence electrons. The predicted octanol–water partition coefficient (Wildman–Crippen LogP) is 3.93. The maximum atomic E-state index is 13.5. The van der Waals surface area contributed by atoms with Gasteiger partial charge >= 0.3 is 0 Å². The molecule has 16 heavy (non-hydrogen) atoms. The Morgan fingerprint density at radius 2 is 2.12 bits per heavy atom. The van der Waals surface area contributed by atoms with Crippen LogP contribution < -0.4 is 0 Å². The molecule has 0 amide bonds. The van der Waals surface area contributed by atoms with Crippen LogP contribution in [-0.4, -0.2) is 5.11 Å². The molecular formula is C12H10BrFOS. The van der Waals surface area contributed by atoms with Crippen molar-refractivity contribution < 1.29 is 9.50 Å². The lowest BCUT2D eigenvalue weighted by Gasteiger charge is -2.12. The molecule has 1 atom stereocenters. The van der Waals surface area contributed by atoms with Crippen LogP contribution in [0.3, 0.4) is 0 Å². The van der Waals surface area contributed by atoms with Gasteiger partial charge in [0.2, 0.25) is 0 Å². The van der Waals surface area contributed by atoms with Gasteiger partial charge in [-0.2, -0.15) is 0 Å². The number of halogens is 2. The van der Waals surface area contributed by atoms with Gasteiger partial charge in [-0.3, -0.25) is 0 Å². The van der Waals surface area contributed by atoms with Crippen LogP contribution in [0.15, 0.2) is 40.2 Å². The summed E-state index contributed by atoms with van der Waals surface area (Å²) in [5.41, 5.74) is 0.330. The third-order valence-electron chi connectivity index (χ3n) is 2.31. The average molecular weight is 301 g/mol. The first-order valence-electron chi connectivity index (χ1n) is 4.83. The van der Waals surface area contributed by atoms with E-state index in [2.05, 4.69) is 15.9 Å². The molecule has 0 bridgehead atoms. The van der Waals surface area contributed by atoms with Gasteiger partial charge in [0, 0.05) is 21.3 Å². The van der Waals surface area contributed by atoms with Gasteiger partial charge in [0.05, 0.1) is 6.10 Å². The molecule has 0 radical (unpaired) electrons. The van der Waals surface area contributed by atoms with Crippen LogP contribution >= 0.6 is 27.3 Å². The van der Waals surface area contributed by atoms with Crippen molar-refractivity contribution in [2.75, 3.05) is 0 Å². The van der Waals surface area contributed by atoms with Gasteiger partial charge in [-0.15, -0.1) is 11.3 Å². The van der Waals surface area contributed by atoms with E-state index in [1.165, 1.54) is 6.07 Å². The highest BCUT2D eigenvalue weighted by atomic mass is 79.9. The van der Waals surface area contributed by atoms with E-state index in [-0.39, 0.29) is 5.82 Å². The molecule has 1 heterocycles. The maximum Gasteiger partial charge on any atom is 0.130 e. The largest absolute Gasteiger partial charge is 0.388 e. The quantitative estimate of drug-likeness (QED) is 0.911. The van der Waals surface area contributed by atoms with Crippen molar-refractivity contribution in [1.29, 1.82) is 0 Å². The lowest BCUT2D eigenvalue weighted by molar-refractivity contribution is 0.173. The topological polar surface area (TPSA) is 20.2 Å². The van der Waals surface area contributed by atoms with Crippen molar-refractivity contribution in [2.45, 2.75) is 12.5 Å². The molecule has 1 N–H and O–H groups in total. The highest BCUT2D eigenvalue weighted by Crippen LogP contribution is 2.29. The fraction of sp³-hybridized carbons (Fsp3) is 0.167. The van der Waals surface area contributed by atoms with Crippen LogP contribution in [0.25, 0.3) is 0 Å². The van der Waals surface area contributed by atoms with Crippen molar-refractivity contribution in [3.8, 4) is 0 Å². The molecule has 2 aromatic rings. The van der Waals surface area contributed by atoms with Crippen LogP contribution in [0.1, 0.15) is 16.5 Å². The average Bonchev–Trinajstić information content (AvgIpc) is 2.70. The molecule has 4 heteroatoms. The van der Waals surface area contributed by atoms with Crippen LogP contribution in [0.2, 0.25) is 0 Å². The number of hydrogen-bond acceptors (Lipinski definition) is 2. The van der Waals surface area contributed by atoms with E-state index in [4.69, 9.17) is 0 Å².